The van der Waals surface area contributed by atoms with Gasteiger partial charge in [-0.1, -0.05) is 6.07 Å². The first-order valence-corrected chi connectivity index (χ1v) is 10.9. The Hall–Kier alpha value is -3.81. The number of nitrogens with zero attached hydrogens (tertiary/aromatic N) is 4. The number of aromatic nitrogens is 4. The molecule has 0 saturated carbocycles. The lowest BCUT2D eigenvalue weighted by Crippen LogP contribution is -2.24. The zero-order chi connectivity index (χ0) is 22.7. The SMILES string of the molecule is Cc1cc(Oc2ncccc2C#N)ccc1NC(=O)C(C)n1c(-c2cccs2)n[nH]c1=S. The van der Waals surface area contributed by atoms with Crippen molar-refractivity contribution in [2.45, 2.75) is 19.9 Å². The number of nitrogens with one attached hydrogen (secondary N) is 2. The first kappa shape index (κ1) is 21.4. The van der Waals surface area contributed by atoms with E-state index in [-0.39, 0.29) is 11.8 Å². The second-order valence-electron chi connectivity index (χ2n) is 6.91. The Morgan fingerprint density at radius 1 is 1.34 bits per heavy atom. The molecule has 3 aromatic heterocycles. The number of aryl methyl sites for hydroxylation is 1. The van der Waals surface area contributed by atoms with Crippen LogP contribution in [0.1, 0.15) is 24.1 Å². The van der Waals surface area contributed by atoms with Crippen molar-refractivity contribution in [1.82, 2.24) is 19.7 Å². The molecule has 1 atom stereocenters. The van der Waals surface area contributed by atoms with Crippen LogP contribution in [-0.2, 0) is 4.79 Å². The minimum Gasteiger partial charge on any atom is -0.438 e. The molecule has 0 aliphatic rings. The van der Waals surface area contributed by atoms with Crippen LogP contribution in [0.4, 0.5) is 5.69 Å². The van der Waals surface area contributed by atoms with Crippen LogP contribution in [0.15, 0.2) is 54.0 Å². The van der Waals surface area contributed by atoms with Gasteiger partial charge in [-0.25, -0.2) is 4.98 Å². The lowest BCUT2D eigenvalue weighted by molar-refractivity contribution is -0.118. The van der Waals surface area contributed by atoms with E-state index in [1.165, 1.54) is 11.3 Å². The summed E-state index contributed by atoms with van der Waals surface area (Å²) in [6, 6.07) is 13.9. The van der Waals surface area contributed by atoms with Crippen LogP contribution < -0.4 is 10.1 Å². The highest BCUT2D eigenvalue weighted by atomic mass is 32.1. The molecule has 1 unspecified atom stereocenters. The third kappa shape index (κ3) is 4.30. The maximum absolute atomic E-state index is 13.0. The van der Waals surface area contributed by atoms with Gasteiger partial charge in [0, 0.05) is 11.9 Å². The second kappa shape index (κ2) is 9.13. The molecule has 0 aliphatic carbocycles. The van der Waals surface area contributed by atoms with Crippen LogP contribution in [0.3, 0.4) is 0 Å². The van der Waals surface area contributed by atoms with E-state index < -0.39 is 6.04 Å². The zero-order valence-corrected chi connectivity index (χ0v) is 18.8. The summed E-state index contributed by atoms with van der Waals surface area (Å²) in [7, 11) is 0. The Bertz CT molecular complexity index is 1370. The monoisotopic (exact) mass is 462 g/mol. The van der Waals surface area contributed by atoms with Gasteiger partial charge in [0.15, 0.2) is 10.6 Å². The van der Waals surface area contributed by atoms with Gasteiger partial charge in [-0.05, 0) is 73.4 Å². The highest BCUT2D eigenvalue weighted by molar-refractivity contribution is 7.71. The molecule has 2 N–H and O–H groups in total. The highest BCUT2D eigenvalue weighted by Crippen LogP contribution is 2.29. The van der Waals surface area contributed by atoms with Gasteiger partial charge in [0.05, 0.1) is 4.88 Å². The fraction of sp³-hybridized carbons (Fsp3) is 0.136. The molecular formula is C22H18N6O2S2. The van der Waals surface area contributed by atoms with Gasteiger partial charge < -0.3 is 10.1 Å². The standard InChI is InChI=1S/C22H18N6O2S2/c1-13-11-16(30-21-15(12-23)5-3-9-24-21)7-8-17(13)25-20(29)14(2)28-19(26-27-22(28)31)18-6-4-10-32-18/h3-11,14H,1-2H3,(H,25,29)(H,27,31). The van der Waals surface area contributed by atoms with Gasteiger partial charge in [-0.2, -0.15) is 10.4 Å². The predicted octanol–water partition coefficient (Wildman–Crippen LogP) is 5.24. The van der Waals surface area contributed by atoms with E-state index in [0.717, 1.165) is 10.4 Å². The van der Waals surface area contributed by atoms with Gasteiger partial charge in [0.25, 0.3) is 0 Å². The number of hydrogen-bond acceptors (Lipinski definition) is 7. The fourth-order valence-corrected chi connectivity index (χ4v) is 4.11. The molecule has 0 bridgehead atoms. The molecule has 32 heavy (non-hydrogen) atoms. The van der Waals surface area contributed by atoms with Crippen molar-refractivity contribution >= 4 is 35.1 Å². The number of nitriles is 1. The van der Waals surface area contributed by atoms with Crippen LogP contribution in [0, 0.1) is 23.0 Å². The molecule has 4 aromatic rings. The van der Waals surface area contributed by atoms with E-state index in [1.807, 2.05) is 24.4 Å². The molecule has 10 heteroatoms. The number of H-pyrrole nitrogens is 1. The fourth-order valence-electron chi connectivity index (χ4n) is 3.11. The second-order valence-corrected chi connectivity index (χ2v) is 8.25. The van der Waals surface area contributed by atoms with Crippen LogP contribution >= 0.6 is 23.6 Å². The van der Waals surface area contributed by atoms with E-state index in [9.17, 15) is 10.1 Å². The van der Waals surface area contributed by atoms with Crippen LogP contribution in [0.25, 0.3) is 10.7 Å². The summed E-state index contributed by atoms with van der Waals surface area (Å²) in [6.45, 7) is 3.63. The molecule has 0 spiro atoms. The van der Waals surface area contributed by atoms with E-state index in [2.05, 4.69) is 26.6 Å². The van der Waals surface area contributed by atoms with Gasteiger partial charge in [0.1, 0.15) is 23.4 Å². The van der Waals surface area contributed by atoms with E-state index in [0.29, 0.717) is 27.6 Å². The molecule has 0 saturated heterocycles. The maximum atomic E-state index is 13.0. The summed E-state index contributed by atoms with van der Waals surface area (Å²) in [4.78, 5) is 18.0. The highest BCUT2D eigenvalue weighted by Gasteiger charge is 2.22. The number of hydrogen-bond donors (Lipinski definition) is 2. The third-order valence-corrected chi connectivity index (χ3v) is 5.93. The van der Waals surface area contributed by atoms with Crippen molar-refractivity contribution in [3.05, 3.63) is 69.9 Å². The molecular weight excluding hydrogens is 444 g/mol. The number of carbonyl (C=O) groups is 1. The number of ether oxygens (including phenoxy) is 1. The molecule has 0 fully saturated rings. The predicted molar refractivity (Wildman–Crippen MR) is 124 cm³/mol. The number of thiophene rings is 1. The number of anilines is 1. The lowest BCUT2D eigenvalue weighted by atomic mass is 10.1. The summed E-state index contributed by atoms with van der Waals surface area (Å²) in [5.74, 6) is 1.14. The largest absolute Gasteiger partial charge is 0.438 e. The maximum Gasteiger partial charge on any atom is 0.247 e. The van der Waals surface area contributed by atoms with Crippen LogP contribution in [0.5, 0.6) is 11.6 Å². The van der Waals surface area contributed by atoms with Crippen molar-refractivity contribution in [3.8, 4) is 28.4 Å². The number of amides is 1. The van der Waals surface area contributed by atoms with Crippen LogP contribution in [0.2, 0.25) is 0 Å². The smallest absolute Gasteiger partial charge is 0.247 e. The Morgan fingerprint density at radius 2 is 2.19 bits per heavy atom. The molecule has 0 radical (unpaired) electrons. The van der Waals surface area contributed by atoms with Crippen molar-refractivity contribution in [2.75, 3.05) is 5.32 Å². The average molecular weight is 463 g/mol. The normalized spacial score (nSPS) is 11.5. The van der Waals surface area contributed by atoms with E-state index in [1.54, 1.807) is 48.0 Å². The summed E-state index contributed by atoms with van der Waals surface area (Å²) in [5.41, 5.74) is 1.78. The Labute approximate surface area is 193 Å². The van der Waals surface area contributed by atoms with Crippen molar-refractivity contribution in [3.63, 3.8) is 0 Å². The third-order valence-electron chi connectivity index (χ3n) is 4.77. The number of carbonyl (C=O) groups excluding carboxylic acids is 1. The van der Waals surface area contributed by atoms with Gasteiger partial charge >= 0.3 is 0 Å². The Morgan fingerprint density at radius 3 is 2.91 bits per heavy atom. The van der Waals surface area contributed by atoms with Crippen molar-refractivity contribution in [2.24, 2.45) is 0 Å². The minimum absolute atomic E-state index is 0.228. The summed E-state index contributed by atoms with van der Waals surface area (Å²) in [5, 5.41) is 21.1. The molecule has 0 aliphatic heterocycles. The Kier molecular flexibility index (Phi) is 6.11. The summed E-state index contributed by atoms with van der Waals surface area (Å²) >= 11 is 6.88. The molecule has 160 valence electrons. The molecule has 1 amide bonds. The summed E-state index contributed by atoms with van der Waals surface area (Å²) in [6.07, 6.45) is 1.56. The van der Waals surface area contributed by atoms with Crippen LogP contribution in [-0.4, -0.2) is 25.7 Å². The number of benzene rings is 1. The number of pyridine rings is 1. The molecule has 1 aromatic carbocycles. The number of aromatic amines is 1. The van der Waals surface area contributed by atoms with Gasteiger partial charge in [-0.3, -0.25) is 14.5 Å². The Balaban J connectivity index is 1.53. The lowest BCUT2D eigenvalue weighted by Gasteiger charge is -2.17. The van der Waals surface area contributed by atoms with Gasteiger partial charge in [0.2, 0.25) is 11.8 Å². The first-order valence-electron chi connectivity index (χ1n) is 9.63. The average Bonchev–Trinajstić information content (AvgIpc) is 3.45. The van der Waals surface area contributed by atoms with Crippen molar-refractivity contribution < 1.29 is 9.53 Å². The van der Waals surface area contributed by atoms with E-state index >= 15 is 0 Å². The zero-order valence-electron chi connectivity index (χ0n) is 17.2. The quantitative estimate of drug-likeness (QED) is 0.380. The molecule has 3 heterocycles. The van der Waals surface area contributed by atoms with Gasteiger partial charge in [-0.15, -0.1) is 11.3 Å². The van der Waals surface area contributed by atoms with Crippen molar-refractivity contribution in [1.29, 1.82) is 5.26 Å². The minimum atomic E-state index is -0.583. The molecule has 4 rings (SSSR count). The van der Waals surface area contributed by atoms with E-state index in [4.69, 9.17) is 17.0 Å². The first-order chi connectivity index (χ1) is 15.5. The number of rotatable bonds is 6. The summed E-state index contributed by atoms with van der Waals surface area (Å²) < 4.78 is 7.82. The molecule has 8 nitrogen and oxygen atoms in total. The topological polar surface area (TPSA) is 109 Å².